The molecule has 94 valence electrons. The molecule has 0 radical (unpaired) electrons. The van der Waals surface area contributed by atoms with Crippen molar-refractivity contribution in [2.75, 3.05) is 31.2 Å². The van der Waals surface area contributed by atoms with E-state index in [1.807, 2.05) is 0 Å². The SMILES string of the molecule is CC(C)[C@@H](I)c1ccc(N2CCOCC2)cc1. The highest BCUT2D eigenvalue weighted by molar-refractivity contribution is 14.1. The number of halogens is 1. The van der Waals surface area contributed by atoms with Gasteiger partial charge in [-0.1, -0.05) is 48.6 Å². The van der Waals surface area contributed by atoms with Gasteiger partial charge >= 0.3 is 0 Å². The molecule has 1 saturated heterocycles. The molecule has 17 heavy (non-hydrogen) atoms. The van der Waals surface area contributed by atoms with Crippen molar-refractivity contribution in [3.8, 4) is 0 Å². The fraction of sp³-hybridized carbons (Fsp3) is 0.571. The first kappa shape index (κ1) is 13.1. The number of alkyl halides is 1. The lowest BCUT2D eigenvalue weighted by Gasteiger charge is -2.29. The van der Waals surface area contributed by atoms with Gasteiger partial charge in [-0.25, -0.2) is 0 Å². The van der Waals surface area contributed by atoms with Gasteiger partial charge in [-0.05, 0) is 23.6 Å². The Morgan fingerprint density at radius 1 is 1.12 bits per heavy atom. The zero-order chi connectivity index (χ0) is 12.3. The molecule has 1 aliphatic heterocycles. The average molecular weight is 345 g/mol. The van der Waals surface area contributed by atoms with Crippen LogP contribution in [0.3, 0.4) is 0 Å². The van der Waals surface area contributed by atoms with Gasteiger partial charge in [0.1, 0.15) is 0 Å². The first-order valence-electron chi connectivity index (χ1n) is 6.25. The fourth-order valence-electron chi connectivity index (χ4n) is 2.08. The predicted octanol–water partition coefficient (Wildman–Crippen LogP) is 3.66. The zero-order valence-electron chi connectivity index (χ0n) is 10.5. The van der Waals surface area contributed by atoms with E-state index < -0.39 is 0 Å². The largest absolute Gasteiger partial charge is 0.378 e. The van der Waals surface area contributed by atoms with E-state index in [-0.39, 0.29) is 0 Å². The number of ether oxygens (including phenoxy) is 1. The minimum atomic E-state index is 0.603. The van der Waals surface area contributed by atoms with Gasteiger partial charge in [0.05, 0.1) is 13.2 Å². The lowest BCUT2D eigenvalue weighted by Crippen LogP contribution is -2.36. The molecule has 0 amide bonds. The van der Waals surface area contributed by atoms with E-state index in [9.17, 15) is 0 Å². The highest BCUT2D eigenvalue weighted by Crippen LogP contribution is 2.32. The first-order valence-corrected chi connectivity index (χ1v) is 7.50. The summed E-state index contributed by atoms with van der Waals surface area (Å²) in [6.07, 6.45) is 0. The molecule has 0 spiro atoms. The van der Waals surface area contributed by atoms with Gasteiger partial charge in [0, 0.05) is 22.7 Å². The Kier molecular flexibility index (Phi) is 4.68. The molecule has 1 aromatic carbocycles. The molecular formula is C14H20INO. The summed E-state index contributed by atoms with van der Waals surface area (Å²) >= 11 is 2.53. The molecule has 3 heteroatoms. The standard InChI is InChI=1S/C14H20INO/c1-11(2)14(15)12-3-5-13(6-4-12)16-7-9-17-10-8-16/h3-6,11,14H,7-10H2,1-2H3/t14-/m1/s1. The molecule has 0 aliphatic carbocycles. The highest BCUT2D eigenvalue weighted by atomic mass is 127. The summed E-state index contributed by atoms with van der Waals surface area (Å²) in [6, 6.07) is 9.02. The van der Waals surface area contributed by atoms with Gasteiger partial charge in [0.2, 0.25) is 0 Å². The maximum absolute atomic E-state index is 5.37. The molecule has 2 rings (SSSR count). The van der Waals surface area contributed by atoms with E-state index in [4.69, 9.17) is 4.74 Å². The van der Waals surface area contributed by atoms with Crippen LogP contribution in [0.25, 0.3) is 0 Å². The molecule has 0 saturated carbocycles. The van der Waals surface area contributed by atoms with Crippen molar-refractivity contribution in [2.45, 2.75) is 17.8 Å². The van der Waals surface area contributed by atoms with Crippen molar-refractivity contribution in [2.24, 2.45) is 5.92 Å². The van der Waals surface area contributed by atoms with Gasteiger partial charge in [-0.15, -0.1) is 0 Å². The fourth-order valence-corrected chi connectivity index (χ4v) is 2.49. The number of morpholine rings is 1. The monoisotopic (exact) mass is 345 g/mol. The van der Waals surface area contributed by atoms with E-state index >= 15 is 0 Å². The Balaban J connectivity index is 2.06. The van der Waals surface area contributed by atoms with Gasteiger partial charge in [-0.3, -0.25) is 0 Å². The van der Waals surface area contributed by atoms with E-state index in [2.05, 4.69) is 65.6 Å². The Hall–Kier alpha value is -0.290. The number of hydrogen-bond donors (Lipinski definition) is 0. The van der Waals surface area contributed by atoms with Gasteiger partial charge in [0.25, 0.3) is 0 Å². The van der Waals surface area contributed by atoms with E-state index in [1.165, 1.54) is 11.3 Å². The lowest BCUT2D eigenvalue weighted by molar-refractivity contribution is 0.122. The van der Waals surface area contributed by atoms with Crippen LogP contribution in [0.1, 0.15) is 23.3 Å². The molecule has 0 aromatic heterocycles. The minimum Gasteiger partial charge on any atom is -0.378 e. The summed E-state index contributed by atoms with van der Waals surface area (Å²) in [5.74, 6) is 0.685. The second-order valence-electron chi connectivity index (χ2n) is 4.84. The van der Waals surface area contributed by atoms with E-state index in [0.717, 1.165) is 26.3 Å². The summed E-state index contributed by atoms with van der Waals surface area (Å²) in [6.45, 7) is 8.26. The van der Waals surface area contributed by atoms with Gasteiger partial charge in [-0.2, -0.15) is 0 Å². The minimum absolute atomic E-state index is 0.603. The maximum Gasteiger partial charge on any atom is 0.0642 e. The molecule has 1 aliphatic rings. The third kappa shape index (κ3) is 3.35. The van der Waals surface area contributed by atoms with Crippen molar-refractivity contribution in [3.05, 3.63) is 29.8 Å². The Labute approximate surface area is 117 Å². The van der Waals surface area contributed by atoms with Gasteiger partial charge in [0.15, 0.2) is 0 Å². The second kappa shape index (κ2) is 6.05. The van der Waals surface area contributed by atoms with Crippen LogP contribution in [-0.2, 0) is 4.74 Å². The molecule has 0 bridgehead atoms. The van der Waals surface area contributed by atoms with Crippen LogP contribution in [0, 0.1) is 5.92 Å². The van der Waals surface area contributed by atoms with Gasteiger partial charge < -0.3 is 9.64 Å². The van der Waals surface area contributed by atoms with Crippen LogP contribution < -0.4 is 4.90 Å². The van der Waals surface area contributed by atoms with Crippen molar-refractivity contribution >= 4 is 28.3 Å². The van der Waals surface area contributed by atoms with E-state index in [1.54, 1.807) is 0 Å². The quantitative estimate of drug-likeness (QED) is 0.612. The number of nitrogens with zero attached hydrogens (tertiary/aromatic N) is 1. The Morgan fingerprint density at radius 2 is 1.71 bits per heavy atom. The summed E-state index contributed by atoms with van der Waals surface area (Å²) in [4.78, 5) is 2.39. The number of benzene rings is 1. The smallest absolute Gasteiger partial charge is 0.0642 e. The molecule has 2 nitrogen and oxygen atoms in total. The van der Waals surface area contributed by atoms with Crippen molar-refractivity contribution in [3.63, 3.8) is 0 Å². The molecule has 1 atom stereocenters. The molecule has 0 unspecified atom stereocenters. The maximum atomic E-state index is 5.37. The molecule has 1 heterocycles. The summed E-state index contributed by atoms with van der Waals surface area (Å²) in [7, 11) is 0. The first-order chi connectivity index (χ1) is 8.18. The third-order valence-corrected chi connectivity index (χ3v) is 5.33. The number of hydrogen-bond acceptors (Lipinski definition) is 2. The topological polar surface area (TPSA) is 12.5 Å². The second-order valence-corrected chi connectivity index (χ2v) is 6.18. The van der Waals surface area contributed by atoms with Crippen LogP contribution in [0.4, 0.5) is 5.69 Å². The predicted molar refractivity (Wildman–Crippen MR) is 81.1 cm³/mol. The summed E-state index contributed by atoms with van der Waals surface area (Å²) in [5, 5.41) is 0. The molecule has 1 aromatic rings. The zero-order valence-corrected chi connectivity index (χ0v) is 12.7. The van der Waals surface area contributed by atoms with Crippen LogP contribution >= 0.6 is 22.6 Å². The summed E-state index contributed by atoms with van der Waals surface area (Å²) in [5.41, 5.74) is 2.75. The normalized spacial score (nSPS) is 18.5. The van der Waals surface area contributed by atoms with Crippen molar-refractivity contribution in [1.29, 1.82) is 0 Å². The molecule has 0 N–H and O–H groups in total. The van der Waals surface area contributed by atoms with Crippen molar-refractivity contribution < 1.29 is 4.74 Å². The lowest BCUT2D eigenvalue weighted by atomic mass is 10.0. The van der Waals surface area contributed by atoms with Crippen molar-refractivity contribution in [1.82, 2.24) is 0 Å². The third-order valence-electron chi connectivity index (χ3n) is 3.17. The Bertz CT molecular complexity index is 344. The van der Waals surface area contributed by atoms with Crippen LogP contribution in [0.2, 0.25) is 0 Å². The number of anilines is 1. The number of rotatable bonds is 3. The highest BCUT2D eigenvalue weighted by Gasteiger charge is 2.14. The summed E-state index contributed by atoms with van der Waals surface area (Å²) < 4.78 is 5.97. The molecule has 1 fully saturated rings. The van der Waals surface area contributed by atoms with Crippen LogP contribution in [0.15, 0.2) is 24.3 Å². The van der Waals surface area contributed by atoms with Crippen LogP contribution in [0.5, 0.6) is 0 Å². The average Bonchev–Trinajstić information content (AvgIpc) is 2.39. The van der Waals surface area contributed by atoms with E-state index in [0.29, 0.717) is 9.84 Å². The molecular weight excluding hydrogens is 325 g/mol. The van der Waals surface area contributed by atoms with Crippen LogP contribution in [-0.4, -0.2) is 26.3 Å². The Morgan fingerprint density at radius 3 is 2.24 bits per heavy atom.